The van der Waals surface area contributed by atoms with Crippen molar-refractivity contribution in [3.63, 3.8) is 0 Å². The van der Waals surface area contributed by atoms with Crippen LogP contribution in [0.25, 0.3) is 11.4 Å². The molecule has 28 heavy (non-hydrogen) atoms. The number of pyridine rings is 1. The lowest BCUT2D eigenvalue weighted by atomic mass is 9.91. The number of carbonyl (C=O) groups excluding carboxylic acids is 1. The predicted octanol–water partition coefficient (Wildman–Crippen LogP) is 1.95. The van der Waals surface area contributed by atoms with Crippen LogP contribution in [-0.4, -0.2) is 36.7 Å². The Morgan fingerprint density at radius 2 is 1.82 bits per heavy atom. The van der Waals surface area contributed by atoms with Gasteiger partial charge < -0.3 is 9.88 Å². The molecule has 1 amide bonds. The molecule has 0 aliphatic heterocycles. The van der Waals surface area contributed by atoms with Gasteiger partial charge in [0.2, 0.25) is 11.4 Å². The van der Waals surface area contributed by atoms with Crippen molar-refractivity contribution < 1.29 is 4.79 Å². The lowest BCUT2D eigenvalue weighted by Crippen LogP contribution is -2.38. The Morgan fingerprint density at radius 3 is 2.54 bits per heavy atom. The molecule has 1 N–H and O–H groups in total. The van der Waals surface area contributed by atoms with E-state index in [4.69, 9.17) is 0 Å². The first-order chi connectivity index (χ1) is 13.6. The van der Waals surface area contributed by atoms with Gasteiger partial charge in [0.05, 0.1) is 11.6 Å². The average Bonchev–Trinajstić information content (AvgIpc) is 3.21. The molecule has 1 fully saturated rings. The van der Waals surface area contributed by atoms with Crippen LogP contribution in [0.4, 0.5) is 0 Å². The number of tetrazole rings is 1. The zero-order valence-electron chi connectivity index (χ0n) is 15.7. The van der Waals surface area contributed by atoms with E-state index in [0.717, 1.165) is 31.2 Å². The van der Waals surface area contributed by atoms with E-state index in [1.54, 1.807) is 24.1 Å². The fourth-order valence-electron chi connectivity index (χ4n) is 3.53. The zero-order valence-corrected chi connectivity index (χ0v) is 15.7. The largest absolute Gasteiger partial charge is 0.349 e. The summed E-state index contributed by atoms with van der Waals surface area (Å²) in [7, 11) is 1.64. The highest BCUT2D eigenvalue weighted by Crippen LogP contribution is 2.28. The summed E-state index contributed by atoms with van der Waals surface area (Å²) in [6.07, 6.45) is 5.02. The highest BCUT2D eigenvalue weighted by molar-refractivity contribution is 5.94. The molecule has 144 valence electrons. The van der Waals surface area contributed by atoms with Crippen LogP contribution >= 0.6 is 0 Å². The van der Waals surface area contributed by atoms with Gasteiger partial charge in [0.15, 0.2) is 0 Å². The van der Waals surface area contributed by atoms with E-state index < -0.39 is 0 Å². The lowest BCUT2D eigenvalue weighted by Gasteiger charge is -2.28. The molecule has 1 aliphatic rings. The first kappa shape index (κ1) is 18.1. The summed E-state index contributed by atoms with van der Waals surface area (Å²) in [5, 5.41) is 16.0. The number of carbonyl (C=O) groups is 1. The summed E-state index contributed by atoms with van der Waals surface area (Å²) in [5.74, 6) is 0.481. The van der Waals surface area contributed by atoms with Crippen LogP contribution in [0.1, 0.15) is 42.1 Å². The molecule has 0 spiro atoms. The molecule has 8 nitrogen and oxygen atoms in total. The van der Waals surface area contributed by atoms with Gasteiger partial charge in [-0.1, -0.05) is 30.3 Å². The molecule has 3 aromatic rings. The van der Waals surface area contributed by atoms with Crippen LogP contribution in [0.2, 0.25) is 0 Å². The van der Waals surface area contributed by atoms with Gasteiger partial charge in [-0.25, -0.2) is 0 Å². The van der Waals surface area contributed by atoms with Gasteiger partial charge in [0.25, 0.3) is 5.91 Å². The van der Waals surface area contributed by atoms with Gasteiger partial charge in [-0.15, -0.1) is 10.2 Å². The fraction of sp³-hybridized carbons (Fsp3) is 0.350. The molecule has 0 atom stereocenters. The van der Waals surface area contributed by atoms with Gasteiger partial charge in [0, 0.05) is 30.9 Å². The van der Waals surface area contributed by atoms with Crippen LogP contribution in [0.15, 0.2) is 53.5 Å². The van der Waals surface area contributed by atoms with Crippen LogP contribution in [-0.2, 0) is 7.05 Å². The molecule has 2 aromatic heterocycles. The smallest absolute Gasteiger partial charge is 0.252 e. The molecule has 0 saturated heterocycles. The normalized spacial score (nSPS) is 19.3. The standard InChI is InChI=1S/C20H22N6O2/c1-25-13-15(7-12-18(25)27)20(28)21-16-8-10-17(11-9-16)26-23-19(22-24-26)14-5-3-2-4-6-14/h2-7,12-13,16-17H,8-11H2,1H3,(H,21,28). The van der Waals surface area contributed by atoms with Gasteiger partial charge in [-0.05, 0) is 37.0 Å². The first-order valence-corrected chi connectivity index (χ1v) is 9.42. The topological polar surface area (TPSA) is 94.7 Å². The van der Waals surface area contributed by atoms with Crippen molar-refractivity contribution in [3.05, 3.63) is 64.6 Å². The number of nitrogens with one attached hydrogen (secondary N) is 1. The van der Waals surface area contributed by atoms with Crippen molar-refractivity contribution in [2.24, 2.45) is 7.05 Å². The summed E-state index contributed by atoms with van der Waals surface area (Å²) < 4.78 is 1.41. The second-order valence-electron chi connectivity index (χ2n) is 7.15. The SMILES string of the molecule is Cn1cc(C(=O)NC2CCC(n3nnc(-c4ccccc4)n3)CC2)ccc1=O. The highest BCUT2D eigenvalue weighted by atomic mass is 16.2. The monoisotopic (exact) mass is 378 g/mol. The number of amides is 1. The third kappa shape index (κ3) is 3.85. The Hall–Kier alpha value is -3.29. The average molecular weight is 378 g/mol. The minimum Gasteiger partial charge on any atom is -0.349 e. The molecule has 0 bridgehead atoms. The van der Waals surface area contributed by atoms with Crippen molar-refractivity contribution >= 4 is 5.91 Å². The summed E-state index contributed by atoms with van der Waals surface area (Å²) in [4.78, 5) is 25.6. The van der Waals surface area contributed by atoms with Crippen molar-refractivity contribution in [2.75, 3.05) is 0 Å². The summed E-state index contributed by atoms with van der Waals surface area (Å²) in [6, 6.07) is 13.1. The van der Waals surface area contributed by atoms with E-state index in [1.807, 2.05) is 30.3 Å². The van der Waals surface area contributed by atoms with E-state index in [-0.39, 0.29) is 23.6 Å². The number of hydrogen-bond acceptors (Lipinski definition) is 5. The maximum absolute atomic E-state index is 12.4. The zero-order chi connectivity index (χ0) is 19.5. The predicted molar refractivity (Wildman–Crippen MR) is 104 cm³/mol. The maximum atomic E-state index is 12.4. The molecule has 2 heterocycles. The Morgan fingerprint density at radius 1 is 1.07 bits per heavy atom. The van der Waals surface area contributed by atoms with Crippen LogP contribution in [0, 0.1) is 0 Å². The minimum atomic E-state index is -0.149. The van der Waals surface area contributed by atoms with Crippen molar-refractivity contribution in [3.8, 4) is 11.4 Å². The number of rotatable bonds is 4. The second-order valence-corrected chi connectivity index (χ2v) is 7.15. The highest BCUT2D eigenvalue weighted by Gasteiger charge is 2.25. The van der Waals surface area contributed by atoms with Crippen LogP contribution in [0.3, 0.4) is 0 Å². The number of aryl methyl sites for hydroxylation is 1. The Balaban J connectivity index is 1.34. The molecule has 8 heteroatoms. The van der Waals surface area contributed by atoms with Gasteiger partial charge >= 0.3 is 0 Å². The third-order valence-corrected chi connectivity index (χ3v) is 5.17. The summed E-state index contributed by atoms with van der Waals surface area (Å²) in [6.45, 7) is 0. The fourth-order valence-corrected chi connectivity index (χ4v) is 3.53. The van der Waals surface area contributed by atoms with Crippen molar-refractivity contribution in [1.29, 1.82) is 0 Å². The molecule has 1 aliphatic carbocycles. The number of benzene rings is 1. The third-order valence-electron chi connectivity index (χ3n) is 5.17. The van der Waals surface area contributed by atoms with Crippen molar-refractivity contribution in [2.45, 2.75) is 37.8 Å². The van der Waals surface area contributed by atoms with Crippen LogP contribution < -0.4 is 10.9 Å². The number of hydrogen-bond donors (Lipinski definition) is 1. The summed E-state index contributed by atoms with van der Waals surface area (Å²) in [5.41, 5.74) is 1.31. The first-order valence-electron chi connectivity index (χ1n) is 9.42. The van der Waals surface area contributed by atoms with E-state index in [9.17, 15) is 9.59 Å². The Kier molecular flexibility index (Phi) is 5.01. The Bertz CT molecular complexity index is 1020. The molecule has 4 rings (SSSR count). The number of nitrogens with zero attached hydrogens (tertiary/aromatic N) is 5. The van der Waals surface area contributed by atoms with E-state index in [2.05, 4.69) is 20.7 Å². The van der Waals surface area contributed by atoms with Crippen molar-refractivity contribution in [1.82, 2.24) is 30.1 Å². The minimum absolute atomic E-state index is 0.109. The molecule has 1 saturated carbocycles. The molecular formula is C20H22N6O2. The van der Waals surface area contributed by atoms with E-state index in [0.29, 0.717) is 11.4 Å². The molecular weight excluding hydrogens is 356 g/mol. The quantitative estimate of drug-likeness (QED) is 0.749. The van der Waals surface area contributed by atoms with E-state index >= 15 is 0 Å². The maximum Gasteiger partial charge on any atom is 0.252 e. The lowest BCUT2D eigenvalue weighted by molar-refractivity contribution is 0.0919. The van der Waals surface area contributed by atoms with E-state index in [1.165, 1.54) is 10.6 Å². The molecule has 0 unspecified atom stereocenters. The second kappa shape index (κ2) is 7.75. The van der Waals surface area contributed by atoms with Gasteiger partial charge in [-0.2, -0.15) is 4.80 Å². The summed E-state index contributed by atoms with van der Waals surface area (Å²) >= 11 is 0. The number of aromatic nitrogens is 5. The Labute approximate surface area is 162 Å². The van der Waals surface area contributed by atoms with Gasteiger partial charge in [-0.3, -0.25) is 9.59 Å². The molecule has 0 radical (unpaired) electrons. The van der Waals surface area contributed by atoms with Gasteiger partial charge in [0.1, 0.15) is 0 Å². The van der Waals surface area contributed by atoms with Crippen LogP contribution in [0.5, 0.6) is 0 Å². The molecule has 1 aromatic carbocycles.